The number of H-pyrrole nitrogens is 2. The lowest BCUT2D eigenvalue weighted by atomic mass is 10.0. The molecule has 0 amide bonds. The summed E-state index contributed by atoms with van der Waals surface area (Å²) in [6, 6.07) is 1.45. The van der Waals surface area contributed by atoms with Crippen molar-refractivity contribution < 1.29 is 13.2 Å². The lowest BCUT2D eigenvalue weighted by molar-refractivity contribution is -0.148. The van der Waals surface area contributed by atoms with Gasteiger partial charge in [-0.3, -0.25) is 19.2 Å². The number of likely N-dealkylation sites (tertiary alicyclic amines) is 1. The van der Waals surface area contributed by atoms with Crippen LogP contribution in [-0.4, -0.2) is 50.2 Å². The van der Waals surface area contributed by atoms with E-state index in [1.165, 1.54) is 15.7 Å². The number of pyridine rings is 1. The van der Waals surface area contributed by atoms with Crippen LogP contribution in [0.25, 0.3) is 21.9 Å². The fourth-order valence-corrected chi connectivity index (χ4v) is 3.68. The summed E-state index contributed by atoms with van der Waals surface area (Å²) in [6.45, 7) is -0.482. The topological polar surface area (TPSA) is 86.8 Å². The molecule has 0 aliphatic carbocycles. The number of nitrogens with one attached hydrogen (secondary N) is 2. The minimum atomic E-state index is -4.24. The molecule has 0 unspecified atom stereocenters. The summed E-state index contributed by atoms with van der Waals surface area (Å²) >= 11 is 0. The Morgan fingerprint density at radius 2 is 1.92 bits per heavy atom. The molecule has 10 heteroatoms. The number of fused-ring (bicyclic) bond motifs is 3. The van der Waals surface area contributed by atoms with Crippen molar-refractivity contribution in [3.8, 4) is 0 Å². The molecule has 0 bridgehead atoms. The van der Waals surface area contributed by atoms with Gasteiger partial charge >= 0.3 is 11.9 Å². The van der Waals surface area contributed by atoms with Crippen molar-refractivity contribution in [2.45, 2.75) is 25.1 Å². The lowest BCUT2D eigenvalue weighted by Crippen LogP contribution is -2.43. The highest BCUT2D eigenvalue weighted by Gasteiger charge is 2.33. The Balaban J connectivity index is 1.77. The summed E-state index contributed by atoms with van der Waals surface area (Å²) in [5.74, 6) is 0. The molecule has 3 aromatic rings. The molecule has 1 fully saturated rings. The van der Waals surface area contributed by atoms with E-state index in [4.69, 9.17) is 0 Å². The smallest absolute Gasteiger partial charge is 0.346 e. The van der Waals surface area contributed by atoms with Crippen molar-refractivity contribution in [2.75, 3.05) is 19.6 Å². The Bertz CT molecular complexity index is 1070. The molecular formula is C16H16F3N5O2. The molecule has 138 valence electrons. The van der Waals surface area contributed by atoms with Crippen LogP contribution in [0.15, 0.2) is 28.0 Å². The van der Waals surface area contributed by atoms with E-state index in [9.17, 15) is 22.8 Å². The van der Waals surface area contributed by atoms with E-state index in [1.807, 2.05) is 0 Å². The molecule has 0 saturated carbocycles. The number of hydrogen-bond acceptors (Lipinski definition) is 4. The number of alkyl halides is 3. The third-order valence-corrected chi connectivity index (χ3v) is 4.81. The van der Waals surface area contributed by atoms with E-state index in [-0.39, 0.29) is 24.5 Å². The van der Waals surface area contributed by atoms with Crippen LogP contribution in [0.3, 0.4) is 0 Å². The number of piperidine rings is 1. The molecule has 0 atom stereocenters. The van der Waals surface area contributed by atoms with Crippen molar-refractivity contribution in [3.63, 3.8) is 0 Å². The Labute approximate surface area is 144 Å². The maximum absolute atomic E-state index is 12.6. The predicted octanol–water partition coefficient (Wildman–Crippen LogP) is 1.77. The van der Waals surface area contributed by atoms with Gasteiger partial charge in [-0.1, -0.05) is 0 Å². The zero-order valence-electron chi connectivity index (χ0n) is 13.6. The van der Waals surface area contributed by atoms with Crippen molar-refractivity contribution in [1.29, 1.82) is 0 Å². The van der Waals surface area contributed by atoms with E-state index < -0.39 is 24.0 Å². The van der Waals surface area contributed by atoms with E-state index in [0.29, 0.717) is 29.4 Å². The van der Waals surface area contributed by atoms with Gasteiger partial charge in [-0.25, -0.2) is 9.78 Å². The normalized spacial score (nSPS) is 17.3. The SMILES string of the molecule is O=c1[nH]c(=O)n(C2CCN(CC(F)(F)F)CC2)c2c1cnc1[nH]ccc12. The third kappa shape index (κ3) is 2.90. The average Bonchev–Trinajstić information content (AvgIpc) is 3.03. The summed E-state index contributed by atoms with van der Waals surface area (Å²) in [7, 11) is 0. The molecule has 1 aliphatic rings. The van der Waals surface area contributed by atoms with Gasteiger partial charge in [0.1, 0.15) is 5.65 Å². The first-order valence-electron chi connectivity index (χ1n) is 8.23. The maximum atomic E-state index is 12.6. The summed E-state index contributed by atoms with van der Waals surface area (Å²) in [6.07, 6.45) is -0.380. The van der Waals surface area contributed by atoms with Crippen molar-refractivity contribution >= 4 is 21.9 Å². The number of aromatic nitrogens is 4. The Hall–Kier alpha value is -2.62. The molecule has 1 saturated heterocycles. The third-order valence-electron chi connectivity index (χ3n) is 4.81. The highest BCUT2D eigenvalue weighted by atomic mass is 19.4. The number of rotatable bonds is 2. The van der Waals surface area contributed by atoms with Crippen LogP contribution in [0.2, 0.25) is 0 Å². The van der Waals surface area contributed by atoms with Gasteiger partial charge in [0.05, 0.1) is 17.4 Å². The lowest BCUT2D eigenvalue weighted by Gasteiger charge is -2.33. The standard InChI is InChI=1S/C16H16F3N5O2/c17-16(18,19)8-23-5-2-9(3-6-23)24-12-10-1-4-20-13(10)21-7-11(12)14(25)22-15(24)26/h1,4,7,9H,2-3,5-6,8H2,(H,20,21)(H,22,25,26). The second-order valence-corrected chi connectivity index (χ2v) is 6.51. The zero-order chi connectivity index (χ0) is 18.5. The van der Waals surface area contributed by atoms with Crippen LogP contribution >= 0.6 is 0 Å². The van der Waals surface area contributed by atoms with Gasteiger partial charge in [0.2, 0.25) is 0 Å². The zero-order valence-corrected chi connectivity index (χ0v) is 13.6. The molecule has 4 heterocycles. The summed E-state index contributed by atoms with van der Waals surface area (Å²) < 4.78 is 39.2. The molecule has 0 spiro atoms. The summed E-state index contributed by atoms with van der Waals surface area (Å²) in [5.41, 5.74) is -0.0538. The van der Waals surface area contributed by atoms with Crippen LogP contribution in [-0.2, 0) is 0 Å². The van der Waals surface area contributed by atoms with Gasteiger partial charge in [-0.05, 0) is 18.9 Å². The van der Waals surface area contributed by atoms with E-state index in [2.05, 4.69) is 15.0 Å². The van der Waals surface area contributed by atoms with Gasteiger partial charge in [0, 0.05) is 36.9 Å². The fraction of sp³-hybridized carbons (Fsp3) is 0.438. The monoisotopic (exact) mass is 367 g/mol. The van der Waals surface area contributed by atoms with Gasteiger partial charge in [-0.2, -0.15) is 13.2 Å². The molecule has 3 aromatic heterocycles. The second kappa shape index (κ2) is 5.97. The van der Waals surface area contributed by atoms with E-state index in [1.54, 1.807) is 12.3 Å². The summed E-state index contributed by atoms with van der Waals surface area (Å²) in [5, 5.41) is 0.929. The largest absolute Gasteiger partial charge is 0.401 e. The second-order valence-electron chi connectivity index (χ2n) is 6.51. The number of hydrogen-bond donors (Lipinski definition) is 2. The highest BCUT2D eigenvalue weighted by molar-refractivity contribution is 6.01. The van der Waals surface area contributed by atoms with Gasteiger partial charge in [-0.15, -0.1) is 0 Å². The van der Waals surface area contributed by atoms with E-state index >= 15 is 0 Å². The molecule has 1 aliphatic heterocycles. The Kier molecular flexibility index (Phi) is 3.87. The van der Waals surface area contributed by atoms with Crippen molar-refractivity contribution in [2.24, 2.45) is 0 Å². The van der Waals surface area contributed by atoms with Crippen LogP contribution in [0.4, 0.5) is 13.2 Å². The van der Waals surface area contributed by atoms with Gasteiger partial charge in [0.25, 0.3) is 5.56 Å². The molecule has 0 aromatic carbocycles. The van der Waals surface area contributed by atoms with Crippen LogP contribution < -0.4 is 11.2 Å². The Morgan fingerprint density at radius 3 is 2.62 bits per heavy atom. The fourth-order valence-electron chi connectivity index (χ4n) is 3.68. The molecule has 7 nitrogen and oxygen atoms in total. The predicted molar refractivity (Wildman–Crippen MR) is 89.2 cm³/mol. The van der Waals surface area contributed by atoms with Crippen molar-refractivity contribution in [1.82, 2.24) is 24.4 Å². The van der Waals surface area contributed by atoms with Crippen LogP contribution in [0.5, 0.6) is 0 Å². The molecule has 4 rings (SSSR count). The minimum absolute atomic E-state index is 0.235. The average molecular weight is 367 g/mol. The first kappa shape index (κ1) is 16.8. The Morgan fingerprint density at radius 1 is 1.19 bits per heavy atom. The molecular weight excluding hydrogens is 351 g/mol. The first-order chi connectivity index (χ1) is 12.3. The quantitative estimate of drug-likeness (QED) is 0.723. The maximum Gasteiger partial charge on any atom is 0.401 e. The number of aromatic amines is 2. The number of nitrogens with zero attached hydrogens (tertiary/aromatic N) is 3. The minimum Gasteiger partial charge on any atom is -0.346 e. The van der Waals surface area contributed by atoms with Gasteiger partial charge < -0.3 is 4.98 Å². The van der Waals surface area contributed by atoms with Crippen LogP contribution in [0, 0.1) is 0 Å². The molecule has 2 N–H and O–H groups in total. The molecule has 26 heavy (non-hydrogen) atoms. The molecule has 0 radical (unpaired) electrons. The highest BCUT2D eigenvalue weighted by Crippen LogP contribution is 2.28. The van der Waals surface area contributed by atoms with Gasteiger partial charge in [0.15, 0.2) is 0 Å². The van der Waals surface area contributed by atoms with E-state index in [0.717, 1.165) is 0 Å². The first-order valence-corrected chi connectivity index (χ1v) is 8.23. The number of halogens is 3. The van der Waals surface area contributed by atoms with Crippen LogP contribution in [0.1, 0.15) is 18.9 Å². The summed E-state index contributed by atoms with van der Waals surface area (Å²) in [4.78, 5) is 35.4. The van der Waals surface area contributed by atoms with Crippen molar-refractivity contribution in [3.05, 3.63) is 39.3 Å².